The molecule has 0 aliphatic carbocycles. The molecule has 0 bridgehead atoms. The van der Waals surface area contributed by atoms with Gasteiger partial charge in [0.25, 0.3) is 5.91 Å². The highest BCUT2D eigenvalue weighted by atomic mass is 32.2. The normalized spacial score (nSPS) is 19.6. The molecule has 2 heterocycles. The fourth-order valence-electron chi connectivity index (χ4n) is 3.19. The zero-order valence-corrected chi connectivity index (χ0v) is 15.3. The summed E-state index contributed by atoms with van der Waals surface area (Å²) in [5.74, 6) is -0.522. The largest absolute Gasteiger partial charge is 0.872 e. The van der Waals surface area contributed by atoms with E-state index < -0.39 is 0 Å². The van der Waals surface area contributed by atoms with Crippen molar-refractivity contribution in [3.05, 3.63) is 64.8 Å². The van der Waals surface area contributed by atoms with E-state index in [0.717, 1.165) is 42.6 Å². The van der Waals surface area contributed by atoms with Gasteiger partial charge in [0.05, 0.1) is 31.1 Å². The molecule has 2 aliphatic heterocycles. The molecular weight excluding hydrogens is 365 g/mol. The minimum atomic E-state index is -0.241. The van der Waals surface area contributed by atoms with Gasteiger partial charge < -0.3 is 10.0 Å². The number of thioether (sulfide) groups is 1. The van der Waals surface area contributed by atoms with Crippen molar-refractivity contribution in [3.8, 4) is 5.75 Å². The number of amides is 1. The molecule has 5 nitrogen and oxygen atoms in total. The number of amidine groups is 1. The molecule has 4 rings (SSSR count). The Labute approximate surface area is 160 Å². The lowest BCUT2D eigenvalue weighted by atomic mass is 10.2. The second-order valence-corrected chi connectivity index (χ2v) is 7.49. The van der Waals surface area contributed by atoms with Crippen molar-refractivity contribution in [1.82, 2.24) is 4.90 Å². The van der Waals surface area contributed by atoms with Gasteiger partial charge in [-0.05, 0) is 35.5 Å². The quantitative estimate of drug-likeness (QED) is 0.797. The highest BCUT2D eigenvalue weighted by Gasteiger charge is 2.30. The first-order valence-electron chi connectivity index (χ1n) is 8.74. The number of halogens is 1. The second kappa shape index (κ2) is 7.54. The Morgan fingerprint density at radius 3 is 2.41 bits per heavy atom. The molecule has 0 aromatic heterocycles. The highest BCUT2D eigenvalue weighted by molar-refractivity contribution is 8.18. The van der Waals surface area contributed by atoms with Crippen LogP contribution in [0.1, 0.15) is 5.56 Å². The van der Waals surface area contributed by atoms with Crippen LogP contribution in [0.25, 0.3) is 6.08 Å². The van der Waals surface area contributed by atoms with Crippen LogP contribution >= 0.6 is 11.8 Å². The number of rotatable bonds is 2. The van der Waals surface area contributed by atoms with Gasteiger partial charge in [-0.25, -0.2) is 4.39 Å². The molecule has 2 aromatic carbocycles. The van der Waals surface area contributed by atoms with Crippen molar-refractivity contribution >= 4 is 34.6 Å². The molecule has 1 fully saturated rings. The number of nitrogens with zero attached hydrogens (tertiary/aromatic N) is 2. The van der Waals surface area contributed by atoms with Crippen LogP contribution in [0.4, 0.5) is 10.1 Å². The summed E-state index contributed by atoms with van der Waals surface area (Å²) in [5.41, 5.74) is 1.89. The lowest BCUT2D eigenvalue weighted by molar-refractivity contribution is -0.837. The number of carbonyl (C=O) groups is 1. The average Bonchev–Trinajstić information content (AvgIpc) is 3.05. The number of nitrogens with one attached hydrogen (secondary N) is 1. The summed E-state index contributed by atoms with van der Waals surface area (Å²) in [6, 6.07) is 13.0. The Hall–Kier alpha value is -2.64. The van der Waals surface area contributed by atoms with Crippen LogP contribution in [0.2, 0.25) is 0 Å². The van der Waals surface area contributed by atoms with E-state index in [1.165, 1.54) is 40.9 Å². The number of quaternary nitrogens is 1. The van der Waals surface area contributed by atoms with Gasteiger partial charge in [0.2, 0.25) is 0 Å². The predicted octanol–water partition coefficient (Wildman–Crippen LogP) is 1.40. The van der Waals surface area contributed by atoms with Crippen LogP contribution in [0, 0.1) is 5.82 Å². The Balaban J connectivity index is 1.39. The van der Waals surface area contributed by atoms with Crippen molar-refractivity contribution in [2.75, 3.05) is 26.2 Å². The molecule has 1 amide bonds. The van der Waals surface area contributed by atoms with Gasteiger partial charge in [-0.1, -0.05) is 24.3 Å². The predicted molar refractivity (Wildman–Crippen MR) is 102 cm³/mol. The minimum Gasteiger partial charge on any atom is -0.872 e. The summed E-state index contributed by atoms with van der Waals surface area (Å²) in [6.07, 6.45) is 1.77. The third-order valence-corrected chi connectivity index (χ3v) is 5.72. The van der Waals surface area contributed by atoms with E-state index in [9.17, 15) is 14.3 Å². The smallest absolute Gasteiger partial charge is 0.286 e. The first-order chi connectivity index (χ1) is 13.1. The molecule has 0 spiro atoms. The molecule has 0 saturated carbocycles. The Kier molecular flexibility index (Phi) is 4.96. The summed E-state index contributed by atoms with van der Waals surface area (Å²) in [5, 5.41) is 11.9. The number of aliphatic imine (C=N–C) groups is 1. The van der Waals surface area contributed by atoms with E-state index in [2.05, 4.69) is 9.89 Å². The van der Waals surface area contributed by atoms with Gasteiger partial charge in [-0.3, -0.25) is 9.69 Å². The zero-order chi connectivity index (χ0) is 18.8. The number of carbonyl (C=O) groups excluding carboxylic acids is 1. The molecule has 1 saturated heterocycles. The number of benzene rings is 2. The van der Waals surface area contributed by atoms with Crippen molar-refractivity contribution in [3.63, 3.8) is 0 Å². The van der Waals surface area contributed by atoms with E-state index in [1.54, 1.807) is 18.2 Å². The molecule has 27 heavy (non-hydrogen) atoms. The van der Waals surface area contributed by atoms with Crippen molar-refractivity contribution in [2.45, 2.75) is 0 Å². The molecule has 0 atom stereocenters. The van der Waals surface area contributed by atoms with Crippen LogP contribution in [0.5, 0.6) is 5.75 Å². The maximum absolute atomic E-state index is 13.1. The van der Waals surface area contributed by atoms with Crippen molar-refractivity contribution in [2.24, 2.45) is 4.99 Å². The van der Waals surface area contributed by atoms with Gasteiger partial charge in [-0.15, -0.1) is 5.75 Å². The number of hydrogen-bond acceptors (Lipinski definition) is 4. The fraction of sp³-hybridized carbons (Fsp3) is 0.200. The van der Waals surface area contributed by atoms with Crippen LogP contribution in [-0.4, -0.2) is 42.2 Å². The lowest BCUT2D eigenvalue weighted by Gasteiger charge is -2.32. The van der Waals surface area contributed by atoms with E-state index in [0.29, 0.717) is 4.91 Å². The topological polar surface area (TPSA) is 60.2 Å². The van der Waals surface area contributed by atoms with E-state index in [4.69, 9.17) is 0 Å². The summed E-state index contributed by atoms with van der Waals surface area (Å²) >= 11 is 1.37. The van der Waals surface area contributed by atoms with Crippen LogP contribution in [-0.2, 0) is 4.79 Å². The molecule has 0 unspecified atom stereocenters. The monoisotopic (exact) mass is 383 g/mol. The molecule has 0 radical (unpaired) electrons. The first kappa shape index (κ1) is 17.8. The van der Waals surface area contributed by atoms with Crippen molar-refractivity contribution in [1.29, 1.82) is 0 Å². The standard InChI is InChI=1S/C20H18FN3O2S/c21-15-3-5-16(6-4-15)23-9-11-24(12-10-23)20-22-19(26)18(27-20)13-14-1-7-17(25)8-2-14/h1-8,13,25H,9-12H2. The Morgan fingerprint density at radius 2 is 1.74 bits per heavy atom. The van der Waals surface area contributed by atoms with Gasteiger partial charge in [-0.2, -0.15) is 4.99 Å². The second-order valence-electron chi connectivity index (χ2n) is 6.48. The maximum atomic E-state index is 13.1. The number of piperazine rings is 1. The zero-order valence-electron chi connectivity index (χ0n) is 14.5. The van der Waals surface area contributed by atoms with E-state index in [1.807, 2.05) is 12.1 Å². The summed E-state index contributed by atoms with van der Waals surface area (Å²) in [6.45, 7) is 3.29. The third-order valence-electron chi connectivity index (χ3n) is 4.68. The van der Waals surface area contributed by atoms with Crippen molar-refractivity contribution < 1.29 is 19.2 Å². The van der Waals surface area contributed by atoms with Crippen LogP contribution in [0.3, 0.4) is 0 Å². The Bertz CT molecular complexity index is 902. The summed E-state index contributed by atoms with van der Waals surface area (Å²) in [4.78, 5) is 20.4. The third kappa shape index (κ3) is 4.04. The van der Waals surface area contributed by atoms with Crippen LogP contribution in [0.15, 0.2) is 58.4 Å². The van der Waals surface area contributed by atoms with Gasteiger partial charge in [0.1, 0.15) is 11.5 Å². The summed E-state index contributed by atoms with van der Waals surface area (Å²) < 4.78 is 13.1. The average molecular weight is 383 g/mol. The number of hydrogen-bond donors (Lipinski definition) is 1. The van der Waals surface area contributed by atoms with Gasteiger partial charge in [0, 0.05) is 12.1 Å². The first-order valence-corrected chi connectivity index (χ1v) is 9.55. The van der Waals surface area contributed by atoms with Crippen LogP contribution < -0.4 is 10.0 Å². The van der Waals surface area contributed by atoms with Gasteiger partial charge >= 0.3 is 0 Å². The molecule has 1 N–H and O–H groups in total. The lowest BCUT2D eigenvalue weighted by Crippen LogP contribution is -3.10. The van der Waals surface area contributed by atoms with E-state index in [-0.39, 0.29) is 17.5 Å². The maximum Gasteiger partial charge on any atom is 0.286 e. The minimum absolute atomic E-state index is 0.0546. The Morgan fingerprint density at radius 1 is 1.07 bits per heavy atom. The fourth-order valence-corrected chi connectivity index (χ4v) is 4.16. The van der Waals surface area contributed by atoms with Gasteiger partial charge in [0.15, 0.2) is 5.17 Å². The summed E-state index contributed by atoms with van der Waals surface area (Å²) in [7, 11) is 0. The molecule has 7 heteroatoms. The highest BCUT2D eigenvalue weighted by Crippen LogP contribution is 2.30. The molecule has 2 aliphatic rings. The molecule has 138 valence electrons. The van der Waals surface area contributed by atoms with E-state index >= 15 is 0 Å². The molecular formula is C20H18FN3O2S. The molecule has 2 aromatic rings. The SMILES string of the molecule is O=C1N=C(N2CC[NH+](c3ccc(F)cc3)CC2)SC1=Cc1ccc([O-])cc1.